The van der Waals surface area contributed by atoms with Gasteiger partial charge in [-0.3, -0.25) is 9.78 Å². The molecule has 3 rings (SSSR count). The van der Waals surface area contributed by atoms with E-state index in [2.05, 4.69) is 4.98 Å². The Morgan fingerprint density at radius 1 is 1.21 bits per heavy atom. The minimum absolute atomic E-state index is 0.00771. The lowest BCUT2D eigenvalue weighted by atomic mass is 9.98. The molecule has 5 nitrogen and oxygen atoms in total. The summed E-state index contributed by atoms with van der Waals surface area (Å²) in [5.74, 6) is 1.32. The van der Waals surface area contributed by atoms with Gasteiger partial charge in [0, 0.05) is 37.2 Å². The molecule has 1 saturated heterocycles. The minimum atomic E-state index is 0.00771. The predicted molar refractivity (Wildman–Crippen MR) is 91.1 cm³/mol. The van der Waals surface area contributed by atoms with Crippen LogP contribution in [0, 0.1) is 0 Å². The average molecular weight is 326 g/mol. The molecular formula is C19H22N2O3. The van der Waals surface area contributed by atoms with Crippen LogP contribution in [-0.2, 0) is 0 Å². The third-order valence-electron chi connectivity index (χ3n) is 4.32. The molecule has 1 unspecified atom stereocenters. The van der Waals surface area contributed by atoms with E-state index in [0.29, 0.717) is 23.5 Å². The molecule has 1 aromatic carbocycles. The van der Waals surface area contributed by atoms with Gasteiger partial charge in [0.05, 0.1) is 0 Å². The molecule has 1 aliphatic rings. The Morgan fingerprint density at radius 3 is 2.83 bits per heavy atom. The molecule has 1 N–H and O–H groups in total. The summed E-state index contributed by atoms with van der Waals surface area (Å²) in [6, 6.07) is 10.9. The summed E-state index contributed by atoms with van der Waals surface area (Å²) in [5.41, 5.74) is 0.617. The molecule has 1 atom stereocenters. The molecule has 0 radical (unpaired) electrons. The SMILES string of the molecule is O=C(c1cccc(Oc2ccncc2)c1)N1CCCCC1CCO. The molecule has 2 aromatic rings. The summed E-state index contributed by atoms with van der Waals surface area (Å²) in [5, 5.41) is 9.23. The number of pyridine rings is 1. The van der Waals surface area contributed by atoms with E-state index in [1.54, 1.807) is 30.6 Å². The first-order valence-corrected chi connectivity index (χ1v) is 8.37. The lowest BCUT2D eigenvalue weighted by Gasteiger charge is -2.35. The van der Waals surface area contributed by atoms with Crippen LogP contribution in [0.1, 0.15) is 36.0 Å². The molecule has 1 aromatic heterocycles. The van der Waals surface area contributed by atoms with Crippen molar-refractivity contribution in [3.63, 3.8) is 0 Å². The highest BCUT2D eigenvalue weighted by molar-refractivity contribution is 5.94. The maximum atomic E-state index is 12.9. The molecule has 24 heavy (non-hydrogen) atoms. The number of hydrogen-bond acceptors (Lipinski definition) is 4. The maximum Gasteiger partial charge on any atom is 0.254 e. The van der Waals surface area contributed by atoms with Gasteiger partial charge in [-0.15, -0.1) is 0 Å². The van der Waals surface area contributed by atoms with E-state index in [0.717, 1.165) is 25.8 Å². The van der Waals surface area contributed by atoms with E-state index in [9.17, 15) is 9.90 Å². The number of piperidine rings is 1. The normalized spacial score (nSPS) is 17.5. The third kappa shape index (κ3) is 3.92. The molecule has 1 fully saturated rings. The van der Waals surface area contributed by atoms with Gasteiger partial charge in [-0.05, 0) is 56.0 Å². The van der Waals surface area contributed by atoms with Gasteiger partial charge in [-0.1, -0.05) is 6.07 Å². The molecule has 0 aliphatic carbocycles. The average Bonchev–Trinajstić information content (AvgIpc) is 2.63. The number of carbonyl (C=O) groups excluding carboxylic acids is 1. The van der Waals surface area contributed by atoms with Crippen molar-refractivity contribution >= 4 is 5.91 Å². The van der Waals surface area contributed by atoms with E-state index in [1.807, 2.05) is 23.1 Å². The number of carbonyl (C=O) groups is 1. The first kappa shape index (κ1) is 16.5. The summed E-state index contributed by atoms with van der Waals surface area (Å²) in [4.78, 5) is 18.7. The van der Waals surface area contributed by atoms with E-state index in [4.69, 9.17) is 4.74 Å². The molecule has 0 saturated carbocycles. The third-order valence-corrected chi connectivity index (χ3v) is 4.32. The number of amides is 1. The highest BCUT2D eigenvalue weighted by Crippen LogP contribution is 2.25. The van der Waals surface area contributed by atoms with Crippen LogP contribution in [0.2, 0.25) is 0 Å². The number of nitrogens with zero attached hydrogens (tertiary/aromatic N) is 2. The summed E-state index contributed by atoms with van der Waals surface area (Å²) in [6.45, 7) is 0.860. The smallest absolute Gasteiger partial charge is 0.254 e. The zero-order valence-corrected chi connectivity index (χ0v) is 13.6. The van der Waals surface area contributed by atoms with Crippen LogP contribution in [0.15, 0.2) is 48.8 Å². The molecule has 126 valence electrons. The van der Waals surface area contributed by atoms with Crippen LogP contribution in [0.5, 0.6) is 11.5 Å². The van der Waals surface area contributed by atoms with Gasteiger partial charge in [-0.2, -0.15) is 0 Å². The molecular weight excluding hydrogens is 304 g/mol. The molecule has 0 bridgehead atoms. The largest absolute Gasteiger partial charge is 0.457 e. The summed E-state index contributed by atoms with van der Waals surface area (Å²) in [6.07, 6.45) is 7.05. The lowest BCUT2D eigenvalue weighted by molar-refractivity contribution is 0.0574. The molecule has 1 aliphatic heterocycles. The fraction of sp³-hybridized carbons (Fsp3) is 0.368. The summed E-state index contributed by atoms with van der Waals surface area (Å²) in [7, 11) is 0. The van der Waals surface area contributed by atoms with Gasteiger partial charge in [-0.25, -0.2) is 0 Å². The minimum Gasteiger partial charge on any atom is -0.457 e. The zero-order chi connectivity index (χ0) is 16.8. The van der Waals surface area contributed by atoms with Crippen molar-refractivity contribution < 1.29 is 14.6 Å². The quantitative estimate of drug-likeness (QED) is 0.916. The topological polar surface area (TPSA) is 62.7 Å². The van der Waals surface area contributed by atoms with Crippen molar-refractivity contribution in [1.82, 2.24) is 9.88 Å². The number of aromatic nitrogens is 1. The van der Waals surface area contributed by atoms with Gasteiger partial charge in [0.1, 0.15) is 11.5 Å². The number of aliphatic hydroxyl groups is 1. The monoisotopic (exact) mass is 326 g/mol. The van der Waals surface area contributed by atoms with Gasteiger partial charge < -0.3 is 14.7 Å². The van der Waals surface area contributed by atoms with E-state index in [-0.39, 0.29) is 18.6 Å². The van der Waals surface area contributed by atoms with Crippen LogP contribution < -0.4 is 4.74 Å². The number of ether oxygens (including phenoxy) is 1. The van der Waals surface area contributed by atoms with E-state index >= 15 is 0 Å². The molecule has 5 heteroatoms. The Balaban J connectivity index is 1.76. The number of aliphatic hydroxyl groups excluding tert-OH is 1. The van der Waals surface area contributed by atoms with Crippen molar-refractivity contribution in [2.75, 3.05) is 13.2 Å². The van der Waals surface area contributed by atoms with Crippen LogP contribution >= 0.6 is 0 Å². The van der Waals surface area contributed by atoms with Gasteiger partial charge in [0.15, 0.2) is 0 Å². The van der Waals surface area contributed by atoms with Crippen molar-refractivity contribution in [3.05, 3.63) is 54.4 Å². The van der Waals surface area contributed by atoms with Crippen LogP contribution in [0.25, 0.3) is 0 Å². The van der Waals surface area contributed by atoms with Crippen LogP contribution in [0.3, 0.4) is 0 Å². The number of hydrogen-bond donors (Lipinski definition) is 1. The second kappa shape index (κ2) is 7.93. The Labute approximate surface area is 141 Å². The second-order valence-electron chi connectivity index (χ2n) is 5.97. The molecule has 0 spiro atoms. The Morgan fingerprint density at radius 2 is 2.04 bits per heavy atom. The van der Waals surface area contributed by atoms with E-state index in [1.165, 1.54) is 0 Å². The summed E-state index contributed by atoms with van der Waals surface area (Å²) < 4.78 is 5.78. The molecule has 1 amide bonds. The van der Waals surface area contributed by atoms with Crippen molar-refractivity contribution in [2.45, 2.75) is 31.7 Å². The van der Waals surface area contributed by atoms with Crippen molar-refractivity contribution in [2.24, 2.45) is 0 Å². The molecule has 2 heterocycles. The fourth-order valence-corrected chi connectivity index (χ4v) is 3.12. The first-order valence-electron chi connectivity index (χ1n) is 8.37. The number of rotatable bonds is 5. The van der Waals surface area contributed by atoms with Crippen molar-refractivity contribution in [1.29, 1.82) is 0 Å². The van der Waals surface area contributed by atoms with Crippen LogP contribution in [-0.4, -0.2) is 40.1 Å². The highest BCUT2D eigenvalue weighted by Gasteiger charge is 2.27. The van der Waals surface area contributed by atoms with Crippen molar-refractivity contribution in [3.8, 4) is 11.5 Å². The lowest BCUT2D eigenvalue weighted by Crippen LogP contribution is -2.44. The number of likely N-dealkylation sites (tertiary alicyclic amines) is 1. The summed E-state index contributed by atoms with van der Waals surface area (Å²) >= 11 is 0. The van der Waals surface area contributed by atoms with Gasteiger partial charge in [0.2, 0.25) is 0 Å². The Bertz CT molecular complexity index is 673. The highest BCUT2D eigenvalue weighted by atomic mass is 16.5. The standard InChI is InChI=1S/C19H22N2O3/c22-13-9-16-5-1-2-12-21(16)19(23)15-4-3-6-18(14-15)24-17-7-10-20-11-8-17/h3-4,6-8,10-11,14,16,22H,1-2,5,9,12-13H2. The maximum absolute atomic E-state index is 12.9. The first-order chi connectivity index (χ1) is 11.8. The second-order valence-corrected chi connectivity index (χ2v) is 5.97. The Kier molecular flexibility index (Phi) is 5.43. The Hall–Kier alpha value is -2.40. The number of benzene rings is 1. The fourth-order valence-electron chi connectivity index (χ4n) is 3.12. The van der Waals surface area contributed by atoms with E-state index < -0.39 is 0 Å². The van der Waals surface area contributed by atoms with Gasteiger partial charge in [0.25, 0.3) is 5.91 Å². The van der Waals surface area contributed by atoms with Gasteiger partial charge >= 0.3 is 0 Å². The van der Waals surface area contributed by atoms with Crippen LogP contribution in [0.4, 0.5) is 0 Å². The predicted octanol–water partition coefficient (Wildman–Crippen LogP) is 3.25. The zero-order valence-electron chi connectivity index (χ0n) is 13.6.